The standard InChI is InChI=1S/C19H15F2N3O2/c1-2-19(7-8-26-18(22)24-19)14-9-12(3-5-15(14)21)10-17(25)16-6-4-13(20)11-23-16/h1,3-6,9,11H,7-8,10H2,(H2,22,24)/t19-/m0/s1. The summed E-state index contributed by atoms with van der Waals surface area (Å²) in [6, 6.07) is 6.56. The van der Waals surface area contributed by atoms with Crippen LogP contribution in [-0.2, 0) is 16.7 Å². The molecule has 0 saturated carbocycles. The number of terminal acetylenes is 1. The van der Waals surface area contributed by atoms with Gasteiger partial charge in [0.1, 0.15) is 17.3 Å². The van der Waals surface area contributed by atoms with Crippen LogP contribution in [0.15, 0.2) is 41.5 Å². The molecule has 132 valence electrons. The molecule has 1 aliphatic rings. The number of ether oxygens (including phenoxy) is 1. The van der Waals surface area contributed by atoms with Crippen LogP contribution in [0, 0.1) is 24.0 Å². The number of hydrogen-bond acceptors (Lipinski definition) is 5. The number of carbonyl (C=O) groups is 1. The molecule has 0 saturated heterocycles. The number of carbonyl (C=O) groups excluding carboxylic acids is 1. The number of ketones is 1. The Morgan fingerprint density at radius 2 is 2.15 bits per heavy atom. The van der Waals surface area contributed by atoms with Crippen LogP contribution in [0.4, 0.5) is 8.78 Å². The summed E-state index contributed by atoms with van der Waals surface area (Å²) in [7, 11) is 0. The largest absolute Gasteiger partial charge is 0.465 e. The minimum absolute atomic E-state index is 0.0394. The van der Waals surface area contributed by atoms with Gasteiger partial charge >= 0.3 is 0 Å². The Morgan fingerprint density at radius 1 is 1.35 bits per heavy atom. The smallest absolute Gasteiger partial charge is 0.283 e. The molecule has 2 N–H and O–H groups in total. The molecule has 1 aromatic heterocycles. The van der Waals surface area contributed by atoms with Gasteiger partial charge in [-0.3, -0.25) is 9.78 Å². The molecule has 0 aliphatic carbocycles. The highest BCUT2D eigenvalue weighted by molar-refractivity contribution is 5.95. The lowest BCUT2D eigenvalue weighted by Crippen LogP contribution is -2.35. The van der Waals surface area contributed by atoms with E-state index < -0.39 is 17.2 Å². The van der Waals surface area contributed by atoms with Crippen molar-refractivity contribution in [3.8, 4) is 12.3 Å². The van der Waals surface area contributed by atoms with Gasteiger partial charge in [-0.05, 0) is 29.8 Å². The fourth-order valence-corrected chi connectivity index (χ4v) is 2.77. The molecule has 0 unspecified atom stereocenters. The zero-order chi connectivity index (χ0) is 18.7. The van der Waals surface area contributed by atoms with E-state index in [4.69, 9.17) is 16.9 Å². The molecule has 1 aliphatic heterocycles. The predicted molar refractivity (Wildman–Crippen MR) is 91.3 cm³/mol. The van der Waals surface area contributed by atoms with Crippen LogP contribution in [-0.4, -0.2) is 23.4 Å². The Kier molecular flexibility index (Phi) is 4.67. The van der Waals surface area contributed by atoms with E-state index in [0.29, 0.717) is 5.56 Å². The second kappa shape index (κ2) is 6.92. The fraction of sp³-hybridized carbons (Fsp3) is 0.211. The molecule has 2 heterocycles. The van der Waals surface area contributed by atoms with Crippen molar-refractivity contribution >= 4 is 11.8 Å². The normalized spacial score (nSPS) is 19.2. The van der Waals surface area contributed by atoms with Crippen molar-refractivity contribution in [3.05, 3.63) is 65.0 Å². The Hall–Kier alpha value is -3.27. The zero-order valence-electron chi connectivity index (χ0n) is 13.7. The number of Topliss-reactive ketones (excluding diaryl/α,β-unsaturated/α-hetero) is 1. The zero-order valence-corrected chi connectivity index (χ0v) is 13.7. The summed E-state index contributed by atoms with van der Waals surface area (Å²) in [6.45, 7) is 0.210. The molecule has 0 amide bonds. The molecule has 0 bridgehead atoms. The van der Waals surface area contributed by atoms with Gasteiger partial charge in [-0.25, -0.2) is 13.8 Å². The molecule has 5 nitrogen and oxygen atoms in total. The number of pyridine rings is 1. The first-order chi connectivity index (χ1) is 12.4. The summed E-state index contributed by atoms with van der Waals surface area (Å²) in [5.74, 6) is 1.10. The van der Waals surface area contributed by atoms with Crippen LogP contribution in [0.25, 0.3) is 0 Å². The van der Waals surface area contributed by atoms with Gasteiger partial charge in [0.15, 0.2) is 11.3 Å². The summed E-state index contributed by atoms with van der Waals surface area (Å²) < 4.78 is 32.4. The third-order valence-corrected chi connectivity index (χ3v) is 4.11. The molecular weight excluding hydrogens is 340 g/mol. The van der Waals surface area contributed by atoms with E-state index in [-0.39, 0.29) is 42.5 Å². The number of amidine groups is 1. The van der Waals surface area contributed by atoms with E-state index in [0.717, 1.165) is 12.3 Å². The Labute approximate surface area is 148 Å². The van der Waals surface area contributed by atoms with E-state index in [9.17, 15) is 13.6 Å². The molecule has 0 fully saturated rings. The molecule has 0 radical (unpaired) electrons. The minimum Gasteiger partial charge on any atom is -0.465 e. The quantitative estimate of drug-likeness (QED) is 0.675. The lowest BCUT2D eigenvalue weighted by molar-refractivity contribution is 0.0988. The summed E-state index contributed by atoms with van der Waals surface area (Å²) in [4.78, 5) is 20.2. The predicted octanol–water partition coefficient (Wildman–Crippen LogP) is 2.35. The number of aromatic nitrogens is 1. The Morgan fingerprint density at radius 3 is 2.81 bits per heavy atom. The van der Waals surface area contributed by atoms with Crippen LogP contribution in [0.3, 0.4) is 0 Å². The Bertz CT molecular complexity index is 919. The maximum absolute atomic E-state index is 14.4. The number of hydrogen-bond donors (Lipinski definition) is 1. The third kappa shape index (κ3) is 3.40. The number of aliphatic imine (C=N–C) groups is 1. The molecular formula is C19H15F2N3O2. The number of rotatable bonds is 4. The molecule has 0 spiro atoms. The number of nitrogens with zero attached hydrogens (tertiary/aromatic N) is 2. The third-order valence-electron chi connectivity index (χ3n) is 4.11. The monoisotopic (exact) mass is 355 g/mol. The van der Waals surface area contributed by atoms with Gasteiger partial charge in [0, 0.05) is 18.4 Å². The summed E-state index contributed by atoms with van der Waals surface area (Å²) in [5.41, 5.74) is 5.13. The topological polar surface area (TPSA) is 77.6 Å². The van der Waals surface area contributed by atoms with E-state index in [1.54, 1.807) is 0 Å². The number of nitrogens with two attached hydrogens (primary N) is 1. The van der Waals surface area contributed by atoms with Crippen LogP contribution in [0.5, 0.6) is 0 Å². The first kappa shape index (κ1) is 17.5. The second-order valence-electron chi connectivity index (χ2n) is 5.83. The van der Waals surface area contributed by atoms with Crippen molar-refractivity contribution in [3.63, 3.8) is 0 Å². The van der Waals surface area contributed by atoms with Gasteiger partial charge in [-0.2, -0.15) is 0 Å². The van der Waals surface area contributed by atoms with Gasteiger partial charge in [0.2, 0.25) is 0 Å². The van der Waals surface area contributed by atoms with Crippen molar-refractivity contribution in [2.45, 2.75) is 18.4 Å². The molecule has 1 atom stereocenters. The number of benzene rings is 1. The number of halogens is 2. The lowest BCUT2D eigenvalue weighted by atomic mass is 9.86. The molecule has 3 rings (SSSR count). The molecule has 2 aromatic rings. The molecule has 26 heavy (non-hydrogen) atoms. The minimum atomic E-state index is -1.28. The van der Waals surface area contributed by atoms with Gasteiger partial charge in [0.05, 0.1) is 12.8 Å². The molecule has 1 aromatic carbocycles. The fourth-order valence-electron chi connectivity index (χ4n) is 2.77. The van der Waals surface area contributed by atoms with Gasteiger partial charge in [-0.1, -0.05) is 12.0 Å². The maximum Gasteiger partial charge on any atom is 0.283 e. The van der Waals surface area contributed by atoms with Gasteiger partial charge in [0.25, 0.3) is 6.02 Å². The van der Waals surface area contributed by atoms with Crippen molar-refractivity contribution in [2.24, 2.45) is 10.7 Å². The average Bonchev–Trinajstić information content (AvgIpc) is 2.63. The van der Waals surface area contributed by atoms with Crippen LogP contribution in [0.2, 0.25) is 0 Å². The van der Waals surface area contributed by atoms with E-state index >= 15 is 0 Å². The Balaban J connectivity index is 1.93. The SMILES string of the molecule is C#C[C@@]1(c2cc(CC(=O)c3ccc(F)cn3)ccc2F)CCOC(N)=N1. The first-order valence-corrected chi connectivity index (χ1v) is 7.83. The summed E-state index contributed by atoms with van der Waals surface area (Å²) in [5, 5.41) is 0. The van der Waals surface area contributed by atoms with E-state index in [1.807, 2.05) is 0 Å². The van der Waals surface area contributed by atoms with Crippen LogP contribution < -0.4 is 5.73 Å². The average molecular weight is 355 g/mol. The summed E-state index contributed by atoms with van der Waals surface area (Å²) >= 11 is 0. The van der Waals surface area contributed by atoms with Crippen LogP contribution >= 0.6 is 0 Å². The van der Waals surface area contributed by atoms with Crippen molar-refractivity contribution in [2.75, 3.05) is 6.61 Å². The second-order valence-corrected chi connectivity index (χ2v) is 5.83. The van der Waals surface area contributed by atoms with Gasteiger partial charge in [-0.15, -0.1) is 6.42 Å². The van der Waals surface area contributed by atoms with Crippen molar-refractivity contribution in [1.29, 1.82) is 0 Å². The van der Waals surface area contributed by atoms with Crippen LogP contribution in [0.1, 0.15) is 28.0 Å². The van der Waals surface area contributed by atoms with Crippen molar-refractivity contribution in [1.82, 2.24) is 4.98 Å². The van der Waals surface area contributed by atoms with E-state index in [2.05, 4.69) is 15.9 Å². The lowest BCUT2D eigenvalue weighted by Gasteiger charge is -2.29. The van der Waals surface area contributed by atoms with Gasteiger partial charge < -0.3 is 10.5 Å². The maximum atomic E-state index is 14.4. The summed E-state index contributed by atoms with van der Waals surface area (Å²) in [6.07, 6.45) is 6.80. The molecule has 7 heteroatoms. The highest BCUT2D eigenvalue weighted by Gasteiger charge is 2.36. The van der Waals surface area contributed by atoms with E-state index in [1.165, 1.54) is 24.3 Å². The first-order valence-electron chi connectivity index (χ1n) is 7.83. The highest BCUT2D eigenvalue weighted by Crippen LogP contribution is 2.34. The van der Waals surface area contributed by atoms with Crippen molar-refractivity contribution < 1.29 is 18.3 Å². The highest BCUT2D eigenvalue weighted by atomic mass is 19.1.